The van der Waals surface area contributed by atoms with E-state index in [0.29, 0.717) is 0 Å². The van der Waals surface area contributed by atoms with Crippen molar-refractivity contribution in [1.82, 2.24) is 0 Å². The number of hydrogen-bond donors (Lipinski definition) is 0. The lowest BCUT2D eigenvalue weighted by molar-refractivity contribution is 0.241. The molecule has 0 aliphatic heterocycles. The van der Waals surface area contributed by atoms with Crippen LogP contribution in [0.25, 0.3) is 0 Å². The first-order valence-electron chi connectivity index (χ1n) is 7.15. The van der Waals surface area contributed by atoms with Gasteiger partial charge in [0.1, 0.15) is 11.9 Å². The first kappa shape index (κ1) is 13.2. The van der Waals surface area contributed by atoms with E-state index in [1.165, 1.54) is 37.7 Å². The van der Waals surface area contributed by atoms with Crippen molar-refractivity contribution in [3.8, 4) is 5.75 Å². The summed E-state index contributed by atoms with van der Waals surface area (Å²) >= 11 is 0. The predicted octanol–water partition coefficient (Wildman–Crippen LogP) is 4.98. The lowest BCUT2D eigenvalue weighted by atomic mass is 9.84. The zero-order valence-electron chi connectivity index (χ0n) is 11.4. The molecule has 0 spiro atoms. The van der Waals surface area contributed by atoms with Crippen LogP contribution < -0.4 is 4.74 Å². The number of ether oxygens (including phenoxy) is 1. The summed E-state index contributed by atoms with van der Waals surface area (Å²) in [4.78, 5) is 0. The fourth-order valence-electron chi connectivity index (χ4n) is 2.71. The highest BCUT2D eigenvalue weighted by molar-refractivity contribution is 5.22. The van der Waals surface area contributed by atoms with Crippen LogP contribution >= 0.6 is 0 Å². The van der Waals surface area contributed by atoms with Gasteiger partial charge in [0, 0.05) is 0 Å². The summed E-state index contributed by atoms with van der Waals surface area (Å²) < 4.78 is 5.92. The van der Waals surface area contributed by atoms with Gasteiger partial charge in [0.05, 0.1) is 0 Å². The van der Waals surface area contributed by atoms with E-state index in [4.69, 9.17) is 4.74 Å². The summed E-state index contributed by atoms with van der Waals surface area (Å²) in [6.45, 7) is 6.33. The quantitative estimate of drug-likeness (QED) is 0.664. The van der Waals surface area contributed by atoms with Crippen molar-refractivity contribution in [1.29, 1.82) is 0 Å². The van der Waals surface area contributed by atoms with Crippen LogP contribution in [0.3, 0.4) is 0 Å². The number of hydrogen-bond acceptors (Lipinski definition) is 1. The molecule has 1 atom stereocenters. The first-order valence-corrected chi connectivity index (χ1v) is 7.15. The van der Waals surface area contributed by atoms with Gasteiger partial charge in [0.2, 0.25) is 0 Å². The van der Waals surface area contributed by atoms with E-state index in [1.54, 1.807) is 0 Å². The van der Waals surface area contributed by atoms with Crippen LogP contribution in [0.15, 0.2) is 42.5 Å². The molecule has 0 heterocycles. The van der Waals surface area contributed by atoms with Gasteiger partial charge < -0.3 is 4.74 Å². The molecule has 1 heteroatoms. The second-order valence-corrected chi connectivity index (χ2v) is 5.44. The van der Waals surface area contributed by atoms with Gasteiger partial charge in [-0.2, -0.15) is 0 Å². The molecule has 1 fully saturated rings. The third kappa shape index (κ3) is 3.90. The molecule has 1 aromatic carbocycles. The Kier molecular flexibility index (Phi) is 4.86. The van der Waals surface area contributed by atoms with Crippen LogP contribution in [-0.4, -0.2) is 6.10 Å². The van der Waals surface area contributed by atoms with E-state index in [2.05, 4.69) is 13.5 Å². The van der Waals surface area contributed by atoms with E-state index in [1.807, 2.05) is 30.3 Å². The maximum absolute atomic E-state index is 5.92. The molecule has 1 nitrogen and oxygen atoms in total. The third-order valence-electron chi connectivity index (χ3n) is 3.91. The molecule has 1 aromatic rings. The monoisotopic (exact) mass is 244 g/mol. The molecule has 98 valence electrons. The van der Waals surface area contributed by atoms with Gasteiger partial charge >= 0.3 is 0 Å². The summed E-state index contributed by atoms with van der Waals surface area (Å²) in [6.07, 6.45) is 8.20. The maximum atomic E-state index is 5.92. The number of benzene rings is 1. The molecule has 1 aliphatic rings. The Morgan fingerprint density at radius 3 is 2.56 bits per heavy atom. The highest BCUT2D eigenvalue weighted by Crippen LogP contribution is 2.30. The van der Waals surface area contributed by atoms with E-state index >= 15 is 0 Å². The minimum atomic E-state index is 0.120. The molecule has 1 saturated carbocycles. The summed E-state index contributed by atoms with van der Waals surface area (Å²) in [7, 11) is 0. The van der Waals surface area contributed by atoms with Crippen LogP contribution in [0, 0.1) is 5.92 Å². The van der Waals surface area contributed by atoms with Crippen molar-refractivity contribution in [2.75, 3.05) is 0 Å². The summed E-state index contributed by atoms with van der Waals surface area (Å²) in [5.41, 5.74) is 1.24. The second kappa shape index (κ2) is 6.63. The van der Waals surface area contributed by atoms with Gasteiger partial charge in [-0.25, -0.2) is 0 Å². The van der Waals surface area contributed by atoms with E-state index in [9.17, 15) is 0 Å². The van der Waals surface area contributed by atoms with Crippen molar-refractivity contribution in [2.24, 2.45) is 5.92 Å². The third-order valence-corrected chi connectivity index (χ3v) is 3.91. The molecule has 1 unspecified atom stereocenters. The Morgan fingerprint density at radius 1 is 1.22 bits per heavy atom. The van der Waals surface area contributed by atoms with E-state index in [-0.39, 0.29) is 6.10 Å². The van der Waals surface area contributed by atoms with Crippen LogP contribution in [0.5, 0.6) is 5.75 Å². The zero-order valence-corrected chi connectivity index (χ0v) is 11.4. The van der Waals surface area contributed by atoms with E-state index < -0.39 is 0 Å². The largest absolute Gasteiger partial charge is 0.486 e. The van der Waals surface area contributed by atoms with Gasteiger partial charge in [-0.05, 0) is 37.0 Å². The highest BCUT2D eigenvalue weighted by atomic mass is 16.5. The van der Waals surface area contributed by atoms with Gasteiger partial charge in [-0.15, -0.1) is 0 Å². The molecule has 0 N–H and O–H groups in total. The second-order valence-electron chi connectivity index (χ2n) is 5.44. The van der Waals surface area contributed by atoms with E-state index in [0.717, 1.165) is 18.1 Å². The Balaban J connectivity index is 1.81. The normalized spacial score (nSPS) is 18.3. The van der Waals surface area contributed by atoms with Crippen molar-refractivity contribution in [2.45, 2.75) is 51.6 Å². The van der Waals surface area contributed by atoms with Gasteiger partial charge in [-0.1, -0.05) is 56.9 Å². The average Bonchev–Trinajstić information content (AvgIpc) is 2.41. The fourth-order valence-corrected chi connectivity index (χ4v) is 2.71. The van der Waals surface area contributed by atoms with Crippen LogP contribution in [0.2, 0.25) is 0 Å². The smallest absolute Gasteiger partial charge is 0.120 e. The first-order chi connectivity index (χ1) is 8.75. The van der Waals surface area contributed by atoms with Gasteiger partial charge in [0.15, 0.2) is 0 Å². The van der Waals surface area contributed by atoms with Crippen molar-refractivity contribution >= 4 is 0 Å². The minimum Gasteiger partial charge on any atom is -0.486 e. The molecule has 1 aliphatic carbocycles. The summed E-state index contributed by atoms with van der Waals surface area (Å²) in [5, 5.41) is 0. The fraction of sp³-hybridized carbons (Fsp3) is 0.529. The molecule has 0 bridgehead atoms. The lowest BCUT2D eigenvalue weighted by Crippen LogP contribution is -2.18. The lowest BCUT2D eigenvalue weighted by Gasteiger charge is -2.25. The number of para-hydroxylation sites is 1. The molecule has 0 amide bonds. The standard InChI is InChI=1S/C17H24O/c1-14(13-16-9-5-3-6-10-16)15(2)18-17-11-7-4-8-12-17/h4,7-8,11-12,15-16H,1,3,5-6,9-10,13H2,2H3. The Hall–Kier alpha value is -1.24. The van der Waals surface area contributed by atoms with Gasteiger partial charge in [-0.3, -0.25) is 0 Å². The summed E-state index contributed by atoms with van der Waals surface area (Å²) in [6, 6.07) is 10.0. The predicted molar refractivity (Wildman–Crippen MR) is 76.9 cm³/mol. The van der Waals surface area contributed by atoms with Crippen molar-refractivity contribution in [3.05, 3.63) is 42.5 Å². The topological polar surface area (TPSA) is 9.23 Å². The number of rotatable bonds is 5. The molecule has 2 rings (SSSR count). The molecule has 0 saturated heterocycles. The van der Waals surface area contributed by atoms with Crippen molar-refractivity contribution in [3.63, 3.8) is 0 Å². The summed E-state index contributed by atoms with van der Waals surface area (Å²) in [5.74, 6) is 1.78. The van der Waals surface area contributed by atoms with Crippen LogP contribution in [0.4, 0.5) is 0 Å². The maximum Gasteiger partial charge on any atom is 0.120 e. The molecular weight excluding hydrogens is 220 g/mol. The Labute approximate surface area is 111 Å². The Morgan fingerprint density at radius 2 is 1.89 bits per heavy atom. The highest BCUT2D eigenvalue weighted by Gasteiger charge is 2.17. The molecule has 18 heavy (non-hydrogen) atoms. The molecule has 0 aromatic heterocycles. The van der Waals surface area contributed by atoms with Crippen LogP contribution in [-0.2, 0) is 0 Å². The average molecular weight is 244 g/mol. The minimum absolute atomic E-state index is 0.120. The zero-order chi connectivity index (χ0) is 12.8. The SMILES string of the molecule is C=C(CC1CCCCC1)C(C)Oc1ccccc1. The van der Waals surface area contributed by atoms with Crippen LogP contribution in [0.1, 0.15) is 45.4 Å². The molecular formula is C17H24O. The van der Waals surface area contributed by atoms with Crippen molar-refractivity contribution < 1.29 is 4.74 Å². The Bertz CT molecular complexity index is 362. The molecule has 0 radical (unpaired) electrons. The van der Waals surface area contributed by atoms with Gasteiger partial charge in [0.25, 0.3) is 0 Å².